The maximum absolute atomic E-state index is 2.74. The van der Waals surface area contributed by atoms with Gasteiger partial charge in [-0.15, -0.1) is 11.3 Å². The van der Waals surface area contributed by atoms with Crippen LogP contribution in [0.15, 0.2) is 109 Å². The van der Waals surface area contributed by atoms with Gasteiger partial charge in [0.15, 0.2) is 0 Å². The van der Waals surface area contributed by atoms with Gasteiger partial charge in [0, 0.05) is 33.1 Å². The SMILES string of the molecule is CC(C)(C)c1ccc(N2c3cc4c(cc3B3c5c2cc(-c2ccccc2)cc5N(c2ccc5c(c2)C(C)(C)CCC5(C)C)c2sc5cc6c(cc5c23)C(C)(C)CCC6(C)C)C(C)(C)CCC4(C)C)cc1. The lowest BCUT2D eigenvalue weighted by Gasteiger charge is -2.47. The van der Waals surface area contributed by atoms with Crippen molar-refractivity contribution in [2.75, 3.05) is 9.80 Å². The highest BCUT2D eigenvalue weighted by Crippen LogP contribution is 2.56. The molecule has 0 unspecified atom stereocenters. The standard InChI is InChI=1S/C66H75BN2S/c1-60(2,3)42-21-23-43(24-22-42)68-53-38-50-49(64(10,11)30-31-65(50,12)13)37-52(53)67-57-45-36-48-51(66(14,15)32-29-63(48,8)9)39-56(45)70-59(57)69(44-25-26-46-47(35-44)62(6,7)28-27-61(46,4)5)55-34-41(33-54(68)58(55)67)40-19-17-16-18-20-40/h16-26,33-39H,27-32H2,1-15H3. The molecule has 4 heteroatoms. The zero-order chi connectivity index (χ0) is 49.5. The average molecular weight is 939 g/mol. The van der Waals surface area contributed by atoms with Crippen LogP contribution in [-0.4, -0.2) is 6.71 Å². The van der Waals surface area contributed by atoms with Gasteiger partial charge < -0.3 is 9.80 Å². The van der Waals surface area contributed by atoms with Gasteiger partial charge in [0.05, 0.1) is 5.00 Å². The lowest BCUT2D eigenvalue weighted by atomic mass is 9.33. The van der Waals surface area contributed by atoms with Crippen LogP contribution in [-0.2, 0) is 37.9 Å². The lowest BCUT2D eigenvalue weighted by molar-refractivity contribution is 0.332. The molecule has 0 amide bonds. The highest BCUT2D eigenvalue weighted by atomic mass is 32.1. The molecule has 2 aliphatic heterocycles. The molecule has 12 rings (SSSR count). The monoisotopic (exact) mass is 939 g/mol. The van der Waals surface area contributed by atoms with E-state index in [2.05, 4.69) is 223 Å². The van der Waals surface area contributed by atoms with E-state index in [9.17, 15) is 0 Å². The van der Waals surface area contributed by atoms with Crippen molar-refractivity contribution >= 4 is 78.0 Å². The molecule has 0 N–H and O–H groups in total. The Morgan fingerprint density at radius 3 is 1.49 bits per heavy atom. The quantitative estimate of drug-likeness (QED) is 0.163. The summed E-state index contributed by atoms with van der Waals surface area (Å²) >= 11 is 2.04. The number of anilines is 6. The largest absolute Gasteiger partial charge is 0.311 e. The Balaban J connectivity index is 1.25. The van der Waals surface area contributed by atoms with Crippen LogP contribution in [0.2, 0.25) is 0 Å². The first-order valence-electron chi connectivity index (χ1n) is 26.7. The lowest BCUT2D eigenvalue weighted by Crippen LogP contribution is -2.61. The van der Waals surface area contributed by atoms with E-state index < -0.39 is 0 Å². The molecule has 1 aromatic heterocycles. The van der Waals surface area contributed by atoms with Gasteiger partial charge in [-0.25, -0.2) is 0 Å². The van der Waals surface area contributed by atoms with E-state index in [1.165, 1.54) is 149 Å². The van der Waals surface area contributed by atoms with Gasteiger partial charge in [-0.1, -0.05) is 158 Å². The van der Waals surface area contributed by atoms with Crippen molar-refractivity contribution in [2.24, 2.45) is 0 Å². The van der Waals surface area contributed by atoms with Gasteiger partial charge in [0.2, 0.25) is 0 Å². The van der Waals surface area contributed by atoms with Crippen molar-refractivity contribution < 1.29 is 0 Å². The summed E-state index contributed by atoms with van der Waals surface area (Å²) in [5, 5.41) is 2.81. The molecule has 0 fully saturated rings. The van der Waals surface area contributed by atoms with Crippen molar-refractivity contribution in [1.29, 1.82) is 0 Å². The molecule has 358 valence electrons. The van der Waals surface area contributed by atoms with Gasteiger partial charge in [0.25, 0.3) is 6.71 Å². The van der Waals surface area contributed by atoms with Gasteiger partial charge in [-0.2, -0.15) is 0 Å². The summed E-state index contributed by atoms with van der Waals surface area (Å²) in [5.41, 5.74) is 24.3. The van der Waals surface area contributed by atoms with Gasteiger partial charge in [-0.05, 0) is 203 Å². The molecule has 70 heavy (non-hydrogen) atoms. The third-order valence-electron chi connectivity index (χ3n) is 18.8. The van der Waals surface area contributed by atoms with Crippen LogP contribution < -0.4 is 26.2 Å². The highest BCUT2D eigenvalue weighted by Gasteiger charge is 2.49. The second-order valence-corrected chi connectivity index (χ2v) is 28.4. The number of fused-ring (bicyclic) bond motifs is 9. The molecule has 0 atom stereocenters. The zero-order valence-electron chi connectivity index (χ0n) is 45.0. The van der Waals surface area contributed by atoms with E-state index in [0.29, 0.717) is 0 Å². The fourth-order valence-electron chi connectivity index (χ4n) is 13.8. The van der Waals surface area contributed by atoms with Crippen molar-refractivity contribution in [3.05, 3.63) is 148 Å². The smallest absolute Gasteiger partial charge is 0.254 e. The number of thiophene rings is 1. The van der Waals surface area contributed by atoms with Crippen LogP contribution in [0.3, 0.4) is 0 Å². The molecule has 0 spiro atoms. The minimum Gasteiger partial charge on any atom is -0.311 e. The first-order valence-corrected chi connectivity index (χ1v) is 27.5. The number of rotatable bonds is 3. The van der Waals surface area contributed by atoms with Crippen LogP contribution >= 0.6 is 11.3 Å². The number of benzene rings is 6. The molecule has 6 aromatic carbocycles. The zero-order valence-corrected chi connectivity index (χ0v) is 45.8. The number of hydrogen-bond donors (Lipinski definition) is 0. The first kappa shape index (κ1) is 46.0. The van der Waals surface area contributed by atoms with E-state index >= 15 is 0 Å². The second-order valence-electron chi connectivity index (χ2n) is 27.4. The normalized spacial score (nSPS) is 20.5. The summed E-state index contributed by atoms with van der Waals surface area (Å²) in [6.45, 7) is 36.9. The van der Waals surface area contributed by atoms with Crippen LogP contribution in [0.1, 0.15) is 181 Å². The third kappa shape index (κ3) is 6.77. The van der Waals surface area contributed by atoms with Crippen LogP contribution in [0, 0.1) is 0 Å². The van der Waals surface area contributed by atoms with Crippen LogP contribution in [0.5, 0.6) is 0 Å². The van der Waals surface area contributed by atoms with E-state index in [1.54, 1.807) is 0 Å². The van der Waals surface area contributed by atoms with E-state index in [4.69, 9.17) is 0 Å². The Morgan fingerprint density at radius 1 is 0.429 bits per heavy atom. The molecule has 3 heterocycles. The number of hydrogen-bond acceptors (Lipinski definition) is 3. The van der Waals surface area contributed by atoms with Gasteiger partial charge >= 0.3 is 0 Å². The molecular weight excluding hydrogens is 864 g/mol. The second kappa shape index (κ2) is 14.8. The minimum absolute atomic E-state index is 0.0341. The van der Waals surface area contributed by atoms with Crippen molar-refractivity contribution in [2.45, 2.75) is 180 Å². The molecule has 0 radical (unpaired) electrons. The predicted octanol–water partition coefficient (Wildman–Crippen LogP) is 17.0. The predicted molar refractivity (Wildman–Crippen MR) is 306 cm³/mol. The molecule has 7 aromatic rings. The Labute approximate surface area is 425 Å². The summed E-state index contributed by atoms with van der Waals surface area (Å²) in [6.07, 6.45) is 7.13. The highest BCUT2D eigenvalue weighted by molar-refractivity contribution is 7.26. The molecule has 3 aliphatic carbocycles. The summed E-state index contributed by atoms with van der Waals surface area (Å²) < 4.78 is 1.41. The molecule has 0 saturated heterocycles. The van der Waals surface area contributed by atoms with Gasteiger partial charge in [-0.3, -0.25) is 0 Å². The Bertz CT molecular complexity index is 3310. The van der Waals surface area contributed by atoms with E-state index in [-0.39, 0.29) is 44.6 Å². The van der Waals surface area contributed by atoms with Gasteiger partial charge in [0.1, 0.15) is 0 Å². The summed E-state index contributed by atoms with van der Waals surface area (Å²) in [4.78, 5) is 5.43. The topological polar surface area (TPSA) is 6.48 Å². The first-order chi connectivity index (χ1) is 32.8. The van der Waals surface area contributed by atoms with Crippen molar-refractivity contribution in [3.8, 4) is 11.1 Å². The molecule has 0 bridgehead atoms. The molecule has 5 aliphatic rings. The average Bonchev–Trinajstić information content (AvgIpc) is 3.68. The Kier molecular flexibility index (Phi) is 9.72. The third-order valence-corrected chi connectivity index (χ3v) is 20.0. The fourth-order valence-corrected chi connectivity index (χ4v) is 15.1. The molecule has 2 nitrogen and oxygen atoms in total. The molecule has 0 saturated carbocycles. The maximum Gasteiger partial charge on any atom is 0.254 e. The Morgan fingerprint density at radius 2 is 0.914 bits per heavy atom. The van der Waals surface area contributed by atoms with Crippen LogP contribution in [0.25, 0.3) is 21.2 Å². The summed E-state index contributed by atoms with van der Waals surface area (Å²) in [5.74, 6) is 0. The fraction of sp³-hybridized carbons (Fsp3) is 0.424. The maximum atomic E-state index is 2.74. The summed E-state index contributed by atoms with van der Waals surface area (Å²) in [6, 6.07) is 44.3. The Hall–Kier alpha value is -5.06. The molecular formula is C66H75BN2S. The van der Waals surface area contributed by atoms with Crippen molar-refractivity contribution in [1.82, 2.24) is 0 Å². The number of nitrogens with zero attached hydrogens (tertiary/aromatic N) is 2. The van der Waals surface area contributed by atoms with Crippen LogP contribution in [0.4, 0.5) is 33.4 Å². The summed E-state index contributed by atoms with van der Waals surface area (Å²) in [7, 11) is 0. The van der Waals surface area contributed by atoms with E-state index in [0.717, 1.165) is 0 Å². The minimum atomic E-state index is 0.0341. The van der Waals surface area contributed by atoms with Crippen molar-refractivity contribution in [3.63, 3.8) is 0 Å². The van der Waals surface area contributed by atoms with E-state index in [1.807, 2.05) is 11.3 Å².